The Hall–Kier alpha value is -0.480. The van der Waals surface area contributed by atoms with Crippen LogP contribution in [-0.2, 0) is 0 Å². The summed E-state index contributed by atoms with van der Waals surface area (Å²) in [6.07, 6.45) is 0.0277. The van der Waals surface area contributed by atoms with E-state index in [2.05, 4.69) is 20.8 Å². The highest BCUT2D eigenvalue weighted by molar-refractivity contribution is 9.10. The van der Waals surface area contributed by atoms with Gasteiger partial charge in [-0.1, -0.05) is 0 Å². The number of hydrogen-bond donors (Lipinski definition) is 1. The number of ether oxygens (including phenoxy) is 1. The number of nitrogens with one attached hydrogen (secondary N) is 1. The first kappa shape index (κ1) is 11.6. The summed E-state index contributed by atoms with van der Waals surface area (Å²) in [6, 6.07) is 2.81. The first-order valence-corrected chi connectivity index (χ1v) is 5.24. The van der Waals surface area contributed by atoms with Crippen LogP contribution in [0.4, 0.5) is 10.1 Å². The average molecular weight is 283 g/mol. The van der Waals surface area contributed by atoms with Crippen molar-refractivity contribution in [2.45, 2.75) is 20.0 Å². The van der Waals surface area contributed by atoms with Crippen LogP contribution in [0.3, 0.4) is 0 Å². The van der Waals surface area contributed by atoms with E-state index in [1.165, 1.54) is 12.1 Å². The molecular formula is C9H10BrClFNO. The van der Waals surface area contributed by atoms with Crippen molar-refractivity contribution < 1.29 is 9.13 Å². The molecule has 0 bridgehead atoms. The molecule has 1 aromatic rings. The zero-order chi connectivity index (χ0) is 10.7. The summed E-state index contributed by atoms with van der Waals surface area (Å²) in [6.45, 7) is 3.78. The van der Waals surface area contributed by atoms with E-state index in [9.17, 15) is 4.39 Å². The van der Waals surface area contributed by atoms with Gasteiger partial charge in [0.1, 0.15) is 11.6 Å². The molecule has 0 unspecified atom stereocenters. The van der Waals surface area contributed by atoms with Crippen molar-refractivity contribution in [1.82, 2.24) is 0 Å². The lowest BCUT2D eigenvalue weighted by Crippen LogP contribution is -2.06. The first-order valence-electron chi connectivity index (χ1n) is 4.07. The number of rotatable bonds is 3. The molecule has 1 aromatic carbocycles. The van der Waals surface area contributed by atoms with E-state index in [0.717, 1.165) is 0 Å². The maximum atomic E-state index is 13.1. The Morgan fingerprint density at radius 1 is 1.50 bits per heavy atom. The summed E-state index contributed by atoms with van der Waals surface area (Å²) in [5.74, 6) is 0.132. The van der Waals surface area contributed by atoms with Crippen molar-refractivity contribution >= 4 is 33.4 Å². The average Bonchev–Trinajstić information content (AvgIpc) is 2.09. The number of hydrogen-bond acceptors (Lipinski definition) is 2. The van der Waals surface area contributed by atoms with Gasteiger partial charge in [0.05, 0.1) is 16.3 Å². The second kappa shape index (κ2) is 4.84. The van der Waals surface area contributed by atoms with Crippen molar-refractivity contribution in [3.8, 4) is 5.75 Å². The van der Waals surface area contributed by atoms with Crippen LogP contribution in [0.15, 0.2) is 16.6 Å². The predicted octanol–water partition coefficient (Wildman–Crippen LogP) is 3.94. The van der Waals surface area contributed by atoms with Crippen molar-refractivity contribution in [3.05, 3.63) is 22.4 Å². The molecule has 0 aliphatic rings. The minimum Gasteiger partial charge on any atom is -0.490 e. The van der Waals surface area contributed by atoms with E-state index >= 15 is 0 Å². The van der Waals surface area contributed by atoms with Gasteiger partial charge < -0.3 is 4.74 Å². The van der Waals surface area contributed by atoms with Gasteiger partial charge in [0.15, 0.2) is 0 Å². The monoisotopic (exact) mass is 281 g/mol. The Morgan fingerprint density at radius 2 is 2.14 bits per heavy atom. The summed E-state index contributed by atoms with van der Waals surface area (Å²) >= 11 is 8.54. The SMILES string of the molecule is CC(C)Oc1cc(NCl)c(F)cc1Br. The smallest absolute Gasteiger partial charge is 0.148 e. The van der Waals surface area contributed by atoms with Crippen LogP contribution < -0.4 is 9.57 Å². The van der Waals surface area contributed by atoms with Gasteiger partial charge in [0.25, 0.3) is 0 Å². The largest absolute Gasteiger partial charge is 0.490 e. The Morgan fingerprint density at radius 3 is 2.64 bits per heavy atom. The molecule has 0 heterocycles. The van der Waals surface area contributed by atoms with Crippen molar-refractivity contribution in [2.24, 2.45) is 0 Å². The van der Waals surface area contributed by atoms with Gasteiger partial charge in [-0.25, -0.2) is 4.39 Å². The summed E-state index contributed by atoms with van der Waals surface area (Å²) in [4.78, 5) is 2.23. The van der Waals surface area contributed by atoms with E-state index in [4.69, 9.17) is 16.5 Å². The molecule has 5 heteroatoms. The third-order valence-electron chi connectivity index (χ3n) is 1.49. The fourth-order valence-electron chi connectivity index (χ4n) is 0.946. The van der Waals surface area contributed by atoms with Gasteiger partial charge in [-0.3, -0.25) is 4.84 Å². The molecule has 0 amide bonds. The van der Waals surface area contributed by atoms with E-state index in [-0.39, 0.29) is 11.8 Å². The van der Waals surface area contributed by atoms with Crippen LogP contribution in [0, 0.1) is 5.82 Å². The minimum atomic E-state index is -0.428. The normalized spacial score (nSPS) is 10.4. The van der Waals surface area contributed by atoms with Gasteiger partial charge in [0.2, 0.25) is 0 Å². The highest BCUT2D eigenvalue weighted by atomic mass is 79.9. The molecule has 0 saturated carbocycles. The number of halogens is 3. The quantitative estimate of drug-likeness (QED) is 0.848. The summed E-state index contributed by atoms with van der Waals surface area (Å²) in [5, 5.41) is 0. The summed E-state index contributed by atoms with van der Waals surface area (Å²) in [7, 11) is 0. The van der Waals surface area contributed by atoms with E-state index < -0.39 is 5.82 Å². The third-order valence-corrected chi connectivity index (χ3v) is 2.31. The molecule has 1 rings (SSSR count). The van der Waals surface area contributed by atoms with E-state index in [0.29, 0.717) is 10.2 Å². The molecule has 14 heavy (non-hydrogen) atoms. The predicted molar refractivity (Wildman–Crippen MR) is 59.3 cm³/mol. The van der Waals surface area contributed by atoms with E-state index in [1.54, 1.807) is 0 Å². The van der Waals surface area contributed by atoms with Gasteiger partial charge >= 0.3 is 0 Å². The second-order valence-corrected chi connectivity index (χ2v) is 4.07. The topological polar surface area (TPSA) is 21.3 Å². The lowest BCUT2D eigenvalue weighted by atomic mass is 10.3. The first-order chi connectivity index (χ1) is 6.54. The van der Waals surface area contributed by atoms with E-state index in [1.807, 2.05) is 13.8 Å². The van der Waals surface area contributed by atoms with Crippen LogP contribution in [0.5, 0.6) is 5.75 Å². The molecule has 0 fully saturated rings. The standard InChI is InChI=1S/C9H10BrClFNO/c1-5(2)14-9-4-8(13-11)7(12)3-6(9)10/h3-5,13H,1-2H3. The lowest BCUT2D eigenvalue weighted by molar-refractivity contribution is 0.240. The molecular weight excluding hydrogens is 272 g/mol. The molecule has 78 valence electrons. The molecule has 0 aliphatic heterocycles. The molecule has 0 aliphatic carbocycles. The van der Waals surface area contributed by atoms with Crippen LogP contribution in [0.25, 0.3) is 0 Å². The van der Waals surface area contributed by atoms with Gasteiger partial charge in [-0.05, 0) is 35.8 Å². The maximum Gasteiger partial charge on any atom is 0.148 e. The number of anilines is 1. The van der Waals surface area contributed by atoms with Crippen molar-refractivity contribution in [2.75, 3.05) is 4.84 Å². The highest BCUT2D eigenvalue weighted by Gasteiger charge is 2.09. The van der Waals surface area contributed by atoms with Crippen LogP contribution in [0.2, 0.25) is 0 Å². The molecule has 0 atom stereocenters. The highest BCUT2D eigenvalue weighted by Crippen LogP contribution is 2.31. The fraction of sp³-hybridized carbons (Fsp3) is 0.333. The number of benzene rings is 1. The molecule has 2 nitrogen and oxygen atoms in total. The Balaban J connectivity index is 3.04. The minimum absolute atomic E-state index is 0.0277. The summed E-state index contributed by atoms with van der Waals surface area (Å²) < 4.78 is 19.1. The molecule has 0 spiro atoms. The molecule has 1 N–H and O–H groups in total. The second-order valence-electron chi connectivity index (χ2n) is 3.02. The van der Waals surface area contributed by atoms with Gasteiger partial charge in [-0.15, -0.1) is 0 Å². The zero-order valence-corrected chi connectivity index (χ0v) is 10.1. The van der Waals surface area contributed by atoms with Crippen molar-refractivity contribution in [1.29, 1.82) is 0 Å². The van der Waals surface area contributed by atoms with Crippen LogP contribution >= 0.6 is 27.7 Å². The van der Waals surface area contributed by atoms with Gasteiger partial charge in [0, 0.05) is 17.8 Å². The van der Waals surface area contributed by atoms with Crippen LogP contribution in [-0.4, -0.2) is 6.10 Å². The summed E-state index contributed by atoms with van der Waals surface area (Å²) in [5.41, 5.74) is 0.200. The Bertz CT molecular complexity index is 333. The zero-order valence-electron chi connectivity index (χ0n) is 7.77. The molecule has 0 radical (unpaired) electrons. The van der Waals surface area contributed by atoms with Crippen LogP contribution in [0.1, 0.15) is 13.8 Å². The lowest BCUT2D eigenvalue weighted by Gasteiger charge is -2.12. The van der Waals surface area contributed by atoms with Gasteiger partial charge in [-0.2, -0.15) is 0 Å². The van der Waals surface area contributed by atoms with Crippen molar-refractivity contribution in [3.63, 3.8) is 0 Å². The fourth-order valence-corrected chi connectivity index (χ4v) is 1.50. The molecule has 0 aromatic heterocycles. The molecule has 0 saturated heterocycles. The Kier molecular flexibility index (Phi) is 4.01. The Labute approximate surface area is 95.6 Å². The third kappa shape index (κ3) is 2.75. The maximum absolute atomic E-state index is 13.1.